The van der Waals surface area contributed by atoms with Crippen LogP contribution in [0, 0.1) is 5.92 Å². The van der Waals surface area contributed by atoms with Crippen molar-refractivity contribution in [1.82, 2.24) is 5.32 Å². The van der Waals surface area contributed by atoms with Gasteiger partial charge in [-0.1, -0.05) is 78.3 Å². The van der Waals surface area contributed by atoms with Crippen molar-refractivity contribution in [3.8, 4) is 0 Å². The van der Waals surface area contributed by atoms with Gasteiger partial charge in [0.2, 0.25) is 0 Å². The molecule has 0 aromatic heterocycles. The number of methoxy groups -OCH3 is 1. The van der Waals surface area contributed by atoms with Gasteiger partial charge in [-0.3, -0.25) is 4.79 Å². The molecule has 0 unspecified atom stereocenters. The molecule has 1 N–H and O–H groups in total. The Morgan fingerprint density at radius 1 is 1.00 bits per heavy atom. The van der Waals surface area contributed by atoms with Gasteiger partial charge in [-0.05, 0) is 23.6 Å². The highest BCUT2D eigenvalue weighted by Crippen LogP contribution is 2.26. The predicted octanol–water partition coefficient (Wildman–Crippen LogP) is 4.44. The first-order valence-electron chi connectivity index (χ1n) is 8.94. The highest BCUT2D eigenvalue weighted by atomic mass is 79.9. The van der Waals surface area contributed by atoms with E-state index in [2.05, 4.69) is 21.2 Å². The van der Waals surface area contributed by atoms with Gasteiger partial charge < -0.3 is 14.8 Å². The molecular weight excluding hydrogens is 422 g/mol. The van der Waals surface area contributed by atoms with Gasteiger partial charge in [0.15, 0.2) is 0 Å². The van der Waals surface area contributed by atoms with Crippen LogP contribution in [0.4, 0.5) is 0 Å². The molecule has 5 nitrogen and oxygen atoms in total. The van der Waals surface area contributed by atoms with Crippen LogP contribution in [-0.2, 0) is 20.9 Å². The molecular formula is C22H24BrNO4. The highest BCUT2D eigenvalue weighted by molar-refractivity contribution is 9.11. The van der Waals surface area contributed by atoms with Crippen LogP contribution in [0.5, 0.6) is 0 Å². The smallest absolute Gasteiger partial charge is 0.355 e. The lowest BCUT2D eigenvalue weighted by atomic mass is 10.1. The van der Waals surface area contributed by atoms with Gasteiger partial charge in [0.05, 0.1) is 24.3 Å². The summed E-state index contributed by atoms with van der Waals surface area (Å²) in [5.74, 6) is -1.000. The van der Waals surface area contributed by atoms with Gasteiger partial charge in [0, 0.05) is 5.56 Å². The van der Waals surface area contributed by atoms with Crippen LogP contribution in [0.25, 0.3) is 0 Å². The number of rotatable bonds is 8. The van der Waals surface area contributed by atoms with Crippen molar-refractivity contribution >= 4 is 27.8 Å². The van der Waals surface area contributed by atoms with E-state index in [0.29, 0.717) is 16.7 Å². The molecule has 28 heavy (non-hydrogen) atoms. The van der Waals surface area contributed by atoms with E-state index in [-0.39, 0.29) is 11.6 Å². The zero-order chi connectivity index (χ0) is 20.5. The number of nitrogens with one attached hydrogen (secondary N) is 1. The largest absolute Gasteiger partial charge is 0.464 e. The third-order valence-corrected chi connectivity index (χ3v) is 4.88. The zero-order valence-corrected chi connectivity index (χ0v) is 17.7. The number of hydrogen-bond donors (Lipinski definition) is 1. The van der Waals surface area contributed by atoms with Gasteiger partial charge in [-0.15, -0.1) is 0 Å². The Kier molecular flexibility index (Phi) is 8.42. The molecule has 0 fully saturated rings. The van der Waals surface area contributed by atoms with Gasteiger partial charge in [-0.25, -0.2) is 4.79 Å². The number of amides is 1. The van der Waals surface area contributed by atoms with Crippen LogP contribution in [0.15, 0.2) is 70.8 Å². The van der Waals surface area contributed by atoms with Gasteiger partial charge in [0.1, 0.15) is 5.70 Å². The van der Waals surface area contributed by atoms with Crippen molar-refractivity contribution in [3.05, 3.63) is 82.0 Å². The number of hydrogen-bond acceptors (Lipinski definition) is 4. The van der Waals surface area contributed by atoms with Crippen LogP contribution >= 0.6 is 15.9 Å². The second-order valence-electron chi connectivity index (χ2n) is 6.50. The molecule has 0 saturated heterocycles. The van der Waals surface area contributed by atoms with Crippen molar-refractivity contribution in [3.63, 3.8) is 0 Å². The van der Waals surface area contributed by atoms with Crippen molar-refractivity contribution in [2.24, 2.45) is 5.92 Å². The first-order valence-corrected chi connectivity index (χ1v) is 9.73. The van der Waals surface area contributed by atoms with E-state index in [9.17, 15) is 9.59 Å². The summed E-state index contributed by atoms with van der Waals surface area (Å²) in [6.45, 7) is 4.33. The van der Waals surface area contributed by atoms with E-state index in [1.165, 1.54) is 7.11 Å². The number of carbonyl (C=O) groups is 2. The van der Waals surface area contributed by atoms with Crippen LogP contribution in [0.3, 0.4) is 0 Å². The third-order valence-electron chi connectivity index (χ3n) is 4.03. The summed E-state index contributed by atoms with van der Waals surface area (Å²) in [7, 11) is 1.27. The summed E-state index contributed by atoms with van der Waals surface area (Å²) >= 11 is 3.47. The Balaban J connectivity index is 2.27. The fourth-order valence-electron chi connectivity index (χ4n) is 2.55. The average molecular weight is 446 g/mol. The van der Waals surface area contributed by atoms with Crippen LogP contribution in [0.1, 0.15) is 29.8 Å². The highest BCUT2D eigenvalue weighted by Gasteiger charge is 2.26. The summed E-state index contributed by atoms with van der Waals surface area (Å²) in [6, 6.07) is 18.4. The molecule has 1 amide bonds. The maximum atomic E-state index is 12.5. The summed E-state index contributed by atoms with van der Waals surface area (Å²) in [5.41, 5.74) is 1.49. The lowest BCUT2D eigenvalue weighted by Gasteiger charge is -2.23. The molecule has 1 atom stereocenters. The van der Waals surface area contributed by atoms with Crippen molar-refractivity contribution in [2.75, 3.05) is 7.11 Å². The Morgan fingerprint density at radius 2 is 1.57 bits per heavy atom. The minimum Gasteiger partial charge on any atom is -0.464 e. The molecule has 0 heterocycles. The monoisotopic (exact) mass is 445 g/mol. The summed E-state index contributed by atoms with van der Waals surface area (Å²) < 4.78 is 11.4. The normalized spacial score (nSPS) is 12.9. The lowest BCUT2D eigenvalue weighted by molar-refractivity contribution is -0.136. The molecule has 6 heteroatoms. The van der Waals surface area contributed by atoms with Crippen molar-refractivity contribution in [1.29, 1.82) is 0 Å². The number of halogens is 1. The maximum Gasteiger partial charge on any atom is 0.355 e. The number of benzene rings is 2. The minimum absolute atomic E-state index is 0.0307. The van der Waals surface area contributed by atoms with Gasteiger partial charge in [0.25, 0.3) is 5.91 Å². The fourth-order valence-corrected chi connectivity index (χ4v) is 3.47. The van der Waals surface area contributed by atoms with E-state index in [1.54, 1.807) is 24.3 Å². The number of carbonyl (C=O) groups excluding carboxylic acids is 2. The molecule has 2 rings (SSSR count). The van der Waals surface area contributed by atoms with E-state index in [4.69, 9.17) is 9.47 Å². The van der Waals surface area contributed by atoms with Gasteiger partial charge >= 0.3 is 5.97 Å². The quantitative estimate of drug-likeness (QED) is 0.481. The van der Waals surface area contributed by atoms with E-state index in [1.807, 2.05) is 50.2 Å². The van der Waals surface area contributed by atoms with Gasteiger partial charge in [-0.2, -0.15) is 0 Å². The number of ether oxygens (including phenoxy) is 2. The summed E-state index contributed by atoms with van der Waals surface area (Å²) in [6.07, 6.45) is -0.439. The molecule has 0 radical (unpaired) electrons. The topological polar surface area (TPSA) is 64.6 Å². The van der Waals surface area contributed by atoms with E-state index >= 15 is 0 Å². The Labute approximate surface area is 173 Å². The molecule has 0 aliphatic heterocycles. The maximum absolute atomic E-state index is 12.5. The summed E-state index contributed by atoms with van der Waals surface area (Å²) in [4.78, 5) is 24.9. The van der Waals surface area contributed by atoms with Crippen molar-refractivity contribution < 1.29 is 19.1 Å². The molecule has 0 aliphatic rings. The van der Waals surface area contributed by atoms with Crippen LogP contribution in [0.2, 0.25) is 0 Å². The first kappa shape index (κ1) is 21.9. The Morgan fingerprint density at radius 3 is 2.11 bits per heavy atom. The molecule has 148 valence electrons. The van der Waals surface area contributed by atoms with Crippen LogP contribution < -0.4 is 5.32 Å². The molecule has 0 aliphatic carbocycles. The lowest BCUT2D eigenvalue weighted by Crippen LogP contribution is -2.32. The van der Waals surface area contributed by atoms with E-state index < -0.39 is 18.0 Å². The predicted molar refractivity (Wildman–Crippen MR) is 112 cm³/mol. The standard InChI is InChI=1S/C22H24BrNO4/c1-15(2)20(28-14-16-10-6-4-7-11-16)18(23)19(22(26)27-3)24-21(25)17-12-8-5-9-13-17/h4-13,15,20H,14H2,1-3H3,(H,24,25)/b19-18-/t20-/m1/s1. The molecule has 0 bridgehead atoms. The zero-order valence-electron chi connectivity index (χ0n) is 16.1. The molecule has 0 spiro atoms. The van der Waals surface area contributed by atoms with Crippen LogP contribution in [-0.4, -0.2) is 25.1 Å². The van der Waals surface area contributed by atoms with E-state index in [0.717, 1.165) is 5.56 Å². The second kappa shape index (κ2) is 10.8. The average Bonchev–Trinajstić information content (AvgIpc) is 2.72. The second-order valence-corrected chi connectivity index (χ2v) is 7.35. The number of esters is 1. The Hall–Kier alpha value is -2.44. The summed E-state index contributed by atoms with van der Waals surface area (Å²) in [5, 5.41) is 2.66. The minimum atomic E-state index is -0.648. The Bertz CT molecular complexity index is 819. The fraction of sp³-hybridized carbons (Fsp3) is 0.273. The first-order chi connectivity index (χ1) is 13.4. The molecule has 2 aromatic rings. The molecule has 2 aromatic carbocycles. The molecule has 0 saturated carbocycles. The SMILES string of the molecule is COC(=O)/C(NC(=O)c1ccccc1)=C(/Br)[C@H](OCc1ccccc1)C(C)C. The third kappa shape index (κ3) is 6.04. The van der Waals surface area contributed by atoms with Crippen molar-refractivity contribution in [2.45, 2.75) is 26.6 Å².